The first-order valence-electron chi connectivity index (χ1n) is 13.0. The second-order valence-electron chi connectivity index (χ2n) is 11.5. The molecule has 41 heavy (non-hydrogen) atoms. The number of hydrogen-bond donors (Lipinski definition) is 3. The molecule has 0 aliphatic heterocycles. The van der Waals surface area contributed by atoms with E-state index in [4.69, 9.17) is 4.74 Å². The molecule has 10 nitrogen and oxygen atoms in total. The zero-order valence-electron chi connectivity index (χ0n) is 24.0. The van der Waals surface area contributed by atoms with E-state index in [1.54, 1.807) is 32.2 Å². The maximum atomic E-state index is 12.6. The van der Waals surface area contributed by atoms with Crippen LogP contribution in [-0.2, 0) is 26.3 Å². The van der Waals surface area contributed by atoms with Crippen LogP contribution in [-0.4, -0.2) is 68.6 Å². The topological polar surface area (TPSA) is 127 Å². The third-order valence-electron chi connectivity index (χ3n) is 6.03. The number of carbonyl (C=O) groups excluding carboxylic acids is 1. The van der Waals surface area contributed by atoms with Gasteiger partial charge in [0.1, 0.15) is 25.0 Å². The summed E-state index contributed by atoms with van der Waals surface area (Å²) in [6.45, 7) is 9.62. The van der Waals surface area contributed by atoms with E-state index in [0.717, 1.165) is 12.3 Å². The highest BCUT2D eigenvalue weighted by Gasteiger charge is 2.30. The number of carbonyl (C=O) groups is 1. The largest absolute Gasteiger partial charge is 0.405 e. The Morgan fingerprint density at radius 3 is 2.44 bits per heavy atom. The molecule has 0 aliphatic carbocycles. The Morgan fingerprint density at radius 2 is 1.83 bits per heavy atom. The highest BCUT2D eigenvalue weighted by molar-refractivity contribution is 7.92. The number of rotatable bonds is 13. The van der Waals surface area contributed by atoms with Gasteiger partial charge >= 0.3 is 6.18 Å². The van der Waals surface area contributed by atoms with Gasteiger partial charge in [-0.2, -0.15) is 13.2 Å². The molecule has 0 fully saturated rings. The number of pyridine rings is 2. The first-order chi connectivity index (χ1) is 18.9. The molecular formula is C26H37F3N6O4SSi. The maximum Gasteiger partial charge on any atom is 0.405 e. The van der Waals surface area contributed by atoms with Crippen LogP contribution in [0, 0.1) is 5.92 Å². The van der Waals surface area contributed by atoms with Crippen LogP contribution in [0.25, 0.3) is 22.2 Å². The molecule has 0 aromatic carbocycles. The molecule has 0 aliphatic rings. The third-order valence-corrected chi connectivity index (χ3v) is 8.34. The van der Waals surface area contributed by atoms with Crippen LogP contribution < -0.4 is 15.4 Å². The number of alkyl halides is 3. The first-order valence-corrected chi connectivity index (χ1v) is 18.6. The van der Waals surface area contributed by atoms with E-state index >= 15 is 0 Å². The fourth-order valence-corrected chi connectivity index (χ4v) is 5.29. The Bertz CT molecular complexity index is 1470. The van der Waals surface area contributed by atoms with Crippen LogP contribution in [0.1, 0.15) is 13.8 Å². The van der Waals surface area contributed by atoms with Gasteiger partial charge in [-0.05, 0) is 24.1 Å². The zero-order valence-corrected chi connectivity index (χ0v) is 25.8. The van der Waals surface area contributed by atoms with Crippen molar-refractivity contribution < 1.29 is 31.1 Å². The molecule has 0 saturated carbocycles. The number of aromatic nitrogens is 3. The van der Waals surface area contributed by atoms with Gasteiger partial charge in [0, 0.05) is 49.8 Å². The van der Waals surface area contributed by atoms with E-state index in [-0.39, 0.29) is 18.3 Å². The second kappa shape index (κ2) is 12.8. The summed E-state index contributed by atoms with van der Waals surface area (Å²) in [4.78, 5) is 21.3. The minimum absolute atomic E-state index is 0.229. The molecule has 226 valence electrons. The summed E-state index contributed by atoms with van der Waals surface area (Å²) in [5.74, 6) is -1.11. The quantitative estimate of drug-likeness (QED) is 0.185. The average Bonchev–Trinajstić information content (AvgIpc) is 3.19. The molecule has 0 unspecified atom stereocenters. The molecule has 0 spiro atoms. The van der Waals surface area contributed by atoms with Crippen LogP contribution in [0.4, 0.5) is 24.5 Å². The predicted octanol–water partition coefficient (Wildman–Crippen LogP) is 4.90. The van der Waals surface area contributed by atoms with E-state index < -0.39 is 42.8 Å². The number of amides is 1. The molecule has 3 heterocycles. The van der Waals surface area contributed by atoms with Crippen LogP contribution in [0.2, 0.25) is 25.7 Å². The molecule has 1 atom stereocenters. The number of anilines is 2. The lowest BCUT2D eigenvalue weighted by Gasteiger charge is -2.23. The van der Waals surface area contributed by atoms with Gasteiger partial charge in [-0.3, -0.25) is 14.5 Å². The van der Waals surface area contributed by atoms with Crippen molar-refractivity contribution in [3.8, 4) is 11.1 Å². The van der Waals surface area contributed by atoms with Gasteiger partial charge in [0.25, 0.3) is 0 Å². The number of halogens is 3. The number of nitrogens with one attached hydrogen (secondary N) is 3. The van der Waals surface area contributed by atoms with E-state index in [1.165, 1.54) is 12.4 Å². The standard InChI is InChI=1S/C26H37F3N6O4SSi/c1-17(2)23(25(36)32-15-26(27,28)29)33-19-9-18(11-30-12-19)22-14-35(16-39-7-8-41(4,5)6)24-21(22)10-20(13-31-24)34-40(3,37)38/h9-14,17,23,33-34H,7-8,15-16H2,1-6H3,(H,32,36)/t23-/m0/s1. The fourth-order valence-electron chi connectivity index (χ4n) is 3.99. The Labute approximate surface area is 239 Å². The Balaban J connectivity index is 1.95. The van der Waals surface area contributed by atoms with Crippen LogP contribution >= 0.6 is 0 Å². The van der Waals surface area contributed by atoms with Crippen LogP contribution in [0.15, 0.2) is 36.9 Å². The maximum absolute atomic E-state index is 12.6. The Hall–Kier alpha value is -3.17. The highest BCUT2D eigenvalue weighted by atomic mass is 32.2. The van der Waals surface area contributed by atoms with E-state index in [1.807, 2.05) is 16.1 Å². The summed E-state index contributed by atoms with van der Waals surface area (Å²) in [5, 5.41) is 5.57. The van der Waals surface area contributed by atoms with Gasteiger partial charge in [-0.25, -0.2) is 13.4 Å². The molecule has 0 bridgehead atoms. The van der Waals surface area contributed by atoms with Gasteiger partial charge in [0.15, 0.2) is 0 Å². The van der Waals surface area contributed by atoms with Crippen molar-refractivity contribution >= 4 is 46.4 Å². The molecule has 0 radical (unpaired) electrons. The van der Waals surface area contributed by atoms with Crippen LogP contribution in [0.3, 0.4) is 0 Å². The minimum Gasteiger partial charge on any atom is -0.372 e. The summed E-state index contributed by atoms with van der Waals surface area (Å²) in [5.41, 5.74) is 2.57. The number of sulfonamides is 1. The minimum atomic E-state index is -4.52. The lowest BCUT2D eigenvalue weighted by atomic mass is 10.0. The van der Waals surface area contributed by atoms with Gasteiger partial charge < -0.3 is 19.9 Å². The van der Waals surface area contributed by atoms with Gasteiger partial charge in [0.05, 0.1) is 23.8 Å². The van der Waals surface area contributed by atoms with Crippen molar-refractivity contribution in [3.63, 3.8) is 0 Å². The lowest BCUT2D eigenvalue weighted by molar-refractivity contribution is -0.139. The van der Waals surface area contributed by atoms with Crippen molar-refractivity contribution in [2.24, 2.45) is 5.92 Å². The molecule has 3 rings (SSSR count). The average molecular weight is 615 g/mol. The number of fused-ring (bicyclic) bond motifs is 1. The molecule has 3 aromatic rings. The number of ether oxygens (including phenoxy) is 1. The highest BCUT2D eigenvalue weighted by Crippen LogP contribution is 2.33. The van der Waals surface area contributed by atoms with Crippen molar-refractivity contribution in [1.29, 1.82) is 0 Å². The molecule has 15 heteroatoms. The summed E-state index contributed by atoms with van der Waals surface area (Å²) >= 11 is 0. The molecule has 1 amide bonds. The summed E-state index contributed by atoms with van der Waals surface area (Å²) in [7, 11) is -4.84. The fraction of sp³-hybridized carbons (Fsp3) is 0.500. The number of hydrogen-bond acceptors (Lipinski definition) is 7. The normalized spacial score (nSPS) is 13.4. The Morgan fingerprint density at radius 1 is 1.12 bits per heavy atom. The van der Waals surface area contributed by atoms with Crippen molar-refractivity contribution in [1.82, 2.24) is 19.9 Å². The molecule has 0 saturated heterocycles. The van der Waals surface area contributed by atoms with Gasteiger partial charge in [-0.15, -0.1) is 0 Å². The SMILES string of the molecule is CC(C)[C@H](Nc1cncc(-c2cn(COCC[Si](C)(C)C)c3ncc(NS(C)(=O)=O)cc23)c1)C(=O)NCC(F)(F)F. The smallest absolute Gasteiger partial charge is 0.372 e. The molecular weight excluding hydrogens is 577 g/mol. The summed E-state index contributed by atoms with van der Waals surface area (Å²) in [6, 6.07) is 3.43. The van der Waals surface area contributed by atoms with Gasteiger partial charge in [0.2, 0.25) is 15.9 Å². The van der Waals surface area contributed by atoms with Gasteiger partial charge in [-0.1, -0.05) is 33.5 Å². The lowest BCUT2D eigenvalue weighted by Crippen LogP contribution is -2.46. The Kier molecular flexibility index (Phi) is 10.1. The zero-order chi connectivity index (χ0) is 30.6. The molecule has 3 aromatic heterocycles. The predicted molar refractivity (Wildman–Crippen MR) is 157 cm³/mol. The van der Waals surface area contributed by atoms with Crippen molar-refractivity contribution in [3.05, 3.63) is 36.9 Å². The third kappa shape index (κ3) is 10.0. The van der Waals surface area contributed by atoms with E-state index in [2.05, 4.69) is 39.6 Å². The summed E-state index contributed by atoms with van der Waals surface area (Å²) < 4.78 is 71.8. The molecule has 3 N–H and O–H groups in total. The van der Waals surface area contributed by atoms with Crippen molar-refractivity contribution in [2.45, 2.75) is 58.5 Å². The summed E-state index contributed by atoms with van der Waals surface area (Å²) in [6.07, 6.45) is 2.85. The second-order valence-corrected chi connectivity index (χ2v) is 18.9. The van der Waals surface area contributed by atoms with E-state index in [0.29, 0.717) is 34.5 Å². The van der Waals surface area contributed by atoms with Crippen molar-refractivity contribution in [2.75, 3.05) is 29.4 Å². The first kappa shape index (κ1) is 32.3. The number of nitrogens with zero attached hydrogens (tertiary/aromatic N) is 3. The monoisotopic (exact) mass is 614 g/mol. The van der Waals surface area contributed by atoms with E-state index in [9.17, 15) is 26.4 Å². The van der Waals surface area contributed by atoms with Crippen LogP contribution in [0.5, 0.6) is 0 Å².